The molecule has 3 N–H and O–H groups in total. The first-order valence-corrected chi connectivity index (χ1v) is 9.92. The highest BCUT2D eigenvalue weighted by Crippen LogP contribution is 2.25. The number of aliphatic hydroxyl groups excluding tert-OH is 1. The first-order valence-electron chi connectivity index (χ1n) is 9.92. The van der Waals surface area contributed by atoms with Crippen molar-refractivity contribution in [1.29, 1.82) is 0 Å². The third kappa shape index (κ3) is 4.19. The van der Waals surface area contributed by atoms with Crippen molar-refractivity contribution in [2.45, 2.75) is 13.3 Å². The Kier molecular flexibility index (Phi) is 5.78. The number of nitrogens with one attached hydrogen (secondary N) is 2. The van der Waals surface area contributed by atoms with Crippen LogP contribution in [-0.4, -0.2) is 53.9 Å². The lowest BCUT2D eigenvalue weighted by Gasteiger charge is -2.30. The van der Waals surface area contributed by atoms with Crippen LogP contribution >= 0.6 is 0 Å². The van der Waals surface area contributed by atoms with Gasteiger partial charge in [0.05, 0.1) is 30.7 Å². The minimum absolute atomic E-state index is 0.0346. The third-order valence-corrected chi connectivity index (χ3v) is 5.21. The zero-order chi connectivity index (χ0) is 21.1. The fraction of sp³-hybridized carbons (Fsp3) is 0.318. The summed E-state index contributed by atoms with van der Waals surface area (Å²) >= 11 is 0. The quantitative estimate of drug-likeness (QED) is 0.595. The summed E-state index contributed by atoms with van der Waals surface area (Å²) < 4.78 is 5.42. The number of pyridine rings is 2. The fourth-order valence-electron chi connectivity index (χ4n) is 3.68. The van der Waals surface area contributed by atoms with Crippen molar-refractivity contribution in [1.82, 2.24) is 9.97 Å². The predicted molar refractivity (Wildman–Crippen MR) is 115 cm³/mol. The third-order valence-electron chi connectivity index (χ3n) is 5.21. The molecule has 3 aromatic rings. The lowest BCUT2D eigenvalue weighted by atomic mass is 10.1. The molecule has 0 unspecified atom stereocenters. The molecule has 156 valence electrons. The van der Waals surface area contributed by atoms with Crippen molar-refractivity contribution in [3.8, 4) is 0 Å². The van der Waals surface area contributed by atoms with Crippen LogP contribution in [0.1, 0.15) is 21.6 Å². The van der Waals surface area contributed by atoms with E-state index in [0.717, 1.165) is 22.2 Å². The van der Waals surface area contributed by atoms with E-state index >= 15 is 0 Å². The van der Waals surface area contributed by atoms with E-state index in [-0.39, 0.29) is 18.1 Å². The number of carbonyl (C=O) groups excluding carboxylic acids is 1. The normalized spacial score (nSPS) is 14.1. The number of aromatic nitrogens is 2. The van der Waals surface area contributed by atoms with Crippen LogP contribution in [0.5, 0.6) is 0 Å². The Bertz CT molecular complexity index is 1140. The van der Waals surface area contributed by atoms with Gasteiger partial charge in [0, 0.05) is 54.5 Å². The molecular weight excluding hydrogens is 384 g/mol. The predicted octanol–water partition coefficient (Wildman–Crippen LogP) is 1.86. The minimum Gasteiger partial charge on any atom is -0.396 e. The number of carbonyl (C=O) groups is 1. The van der Waals surface area contributed by atoms with Gasteiger partial charge < -0.3 is 25.0 Å². The highest BCUT2D eigenvalue weighted by Gasteiger charge is 2.20. The van der Waals surface area contributed by atoms with E-state index < -0.39 is 0 Å². The molecule has 30 heavy (non-hydrogen) atoms. The summed E-state index contributed by atoms with van der Waals surface area (Å²) in [7, 11) is 0. The van der Waals surface area contributed by atoms with Crippen molar-refractivity contribution in [3.05, 3.63) is 63.7 Å². The number of aryl methyl sites for hydroxylation is 1. The summed E-state index contributed by atoms with van der Waals surface area (Å²) in [5, 5.41) is 13.1. The number of hydrogen-bond donors (Lipinski definition) is 3. The molecule has 0 atom stereocenters. The van der Waals surface area contributed by atoms with Gasteiger partial charge >= 0.3 is 0 Å². The minimum atomic E-state index is -0.250. The number of morpholine rings is 1. The molecule has 1 saturated heterocycles. The average Bonchev–Trinajstić information content (AvgIpc) is 2.75. The second-order valence-corrected chi connectivity index (χ2v) is 7.30. The Balaban J connectivity index is 1.67. The van der Waals surface area contributed by atoms with Crippen molar-refractivity contribution in [3.63, 3.8) is 0 Å². The van der Waals surface area contributed by atoms with E-state index in [1.165, 1.54) is 6.07 Å². The van der Waals surface area contributed by atoms with Crippen LogP contribution in [0.3, 0.4) is 0 Å². The molecule has 1 aromatic carbocycles. The van der Waals surface area contributed by atoms with Gasteiger partial charge in [-0.2, -0.15) is 0 Å². The number of aliphatic hydroxyl groups is 1. The number of ether oxygens (including phenoxy) is 1. The number of benzene rings is 1. The molecule has 8 heteroatoms. The van der Waals surface area contributed by atoms with Gasteiger partial charge in [0.2, 0.25) is 5.56 Å². The van der Waals surface area contributed by atoms with Crippen molar-refractivity contribution in [2.75, 3.05) is 43.1 Å². The van der Waals surface area contributed by atoms with Gasteiger partial charge in [-0.15, -0.1) is 0 Å². The highest BCUT2D eigenvalue weighted by molar-refractivity contribution is 6.08. The van der Waals surface area contributed by atoms with Gasteiger partial charge in [-0.05, 0) is 36.8 Å². The zero-order valence-electron chi connectivity index (χ0n) is 16.8. The highest BCUT2D eigenvalue weighted by atomic mass is 16.5. The molecule has 0 bridgehead atoms. The number of amides is 1. The summed E-state index contributed by atoms with van der Waals surface area (Å²) in [4.78, 5) is 34.1. The van der Waals surface area contributed by atoms with E-state index in [1.807, 2.05) is 13.0 Å². The summed E-state index contributed by atoms with van der Waals surface area (Å²) in [6, 6.07) is 8.67. The lowest BCUT2D eigenvalue weighted by Crippen LogP contribution is -2.37. The molecule has 4 rings (SSSR count). The van der Waals surface area contributed by atoms with E-state index in [2.05, 4.69) is 20.2 Å². The van der Waals surface area contributed by atoms with Gasteiger partial charge in [-0.3, -0.25) is 14.6 Å². The number of nitrogens with zero attached hydrogens (tertiary/aromatic N) is 2. The molecule has 8 nitrogen and oxygen atoms in total. The molecule has 0 radical (unpaired) electrons. The monoisotopic (exact) mass is 408 g/mol. The summed E-state index contributed by atoms with van der Waals surface area (Å²) in [6.45, 7) is 4.40. The van der Waals surface area contributed by atoms with Crippen LogP contribution in [-0.2, 0) is 11.2 Å². The number of rotatable bonds is 5. The maximum atomic E-state index is 13.2. The molecular formula is C22H24N4O4. The molecule has 1 amide bonds. The zero-order valence-corrected chi connectivity index (χ0v) is 16.8. The van der Waals surface area contributed by atoms with E-state index in [4.69, 9.17) is 4.74 Å². The van der Waals surface area contributed by atoms with Crippen LogP contribution in [0.4, 0.5) is 11.4 Å². The average molecular weight is 408 g/mol. The van der Waals surface area contributed by atoms with Crippen molar-refractivity contribution in [2.24, 2.45) is 0 Å². The Morgan fingerprint density at radius 1 is 1.27 bits per heavy atom. The second-order valence-electron chi connectivity index (χ2n) is 7.30. The standard InChI is InChI=1S/C22H24N4O4/c1-14-10-21(28)25-19-3-2-16(12-17(14)19)24-22(29)18-11-15(4-7-27)23-13-20(18)26-5-8-30-9-6-26/h2-3,10-13,27H,4-9H2,1H3,(H,24,29)(H,25,28). The molecule has 1 aliphatic rings. The van der Waals surface area contributed by atoms with Gasteiger partial charge in [-0.25, -0.2) is 0 Å². The lowest BCUT2D eigenvalue weighted by molar-refractivity contribution is 0.102. The smallest absolute Gasteiger partial charge is 0.257 e. The second kappa shape index (κ2) is 8.64. The van der Waals surface area contributed by atoms with Gasteiger partial charge in [0.15, 0.2) is 0 Å². The van der Waals surface area contributed by atoms with Crippen molar-refractivity contribution < 1.29 is 14.6 Å². The Hall–Kier alpha value is -3.23. The van der Waals surface area contributed by atoms with E-state index in [1.54, 1.807) is 24.4 Å². The number of aromatic amines is 1. The largest absolute Gasteiger partial charge is 0.396 e. The van der Waals surface area contributed by atoms with Crippen LogP contribution in [0.15, 0.2) is 41.3 Å². The van der Waals surface area contributed by atoms with Crippen molar-refractivity contribution >= 4 is 28.2 Å². The number of anilines is 2. The molecule has 0 saturated carbocycles. The van der Waals surface area contributed by atoms with E-state index in [9.17, 15) is 14.7 Å². The molecule has 1 fully saturated rings. The van der Waals surface area contributed by atoms with E-state index in [0.29, 0.717) is 49.7 Å². The van der Waals surface area contributed by atoms with Crippen LogP contribution in [0.2, 0.25) is 0 Å². The topological polar surface area (TPSA) is 108 Å². The maximum Gasteiger partial charge on any atom is 0.257 e. The first kappa shape index (κ1) is 20.1. The summed E-state index contributed by atoms with van der Waals surface area (Å²) in [6.07, 6.45) is 2.08. The molecule has 0 spiro atoms. The number of H-pyrrole nitrogens is 1. The summed E-state index contributed by atoms with van der Waals surface area (Å²) in [5.74, 6) is -0.250. The summed E-state index contributed by atoms with van der Waals surface area (Å²) in [5.41, 5.74) is 3.96. The fourth-order valence-corrected chi connectivity index (χ4v) is 3.68. The van der Waals surface area contributed by atoms with Gasteiger partial charge in [0.25, 0.3) is 5.91 Å². The van der Waals surface area contributed by atoms with Crippen LogP contribution in [0, 0.1) is 6.92 Å². The van der Waals surface area contributed by atoms with Gasteiger partial charge in [-0.1, -0.05) is 0 Å². The van der Waals surface area contributed by atoms with Crippen LogP contribution in [0.25, 0.3) is 10.9 Å². The molecule has 2 aromatic heterocycles. The maximum absolute atomic E-state index is 13.2. The van der Waals surface area contributed by atoms with Gasteiger partial charge in [0.1, 0.15) is 0 Å². The molecule has 0 aliphatic carbocycles. The first-order chi connectivity index (χ1) is 14.5. The molecule has 1 aliphatic heterocycles. The Labute approximate surface area is 173 Å². The number of fused-ring (bicyclic) bond motifs is 1. The number of hydrogen-bond acceptors (Lipinski definition) is 6. The SMILES string of the molecule is Cc1cc(=O)[nH]c2ccc(NC(=O)c3cc(CCO)ncc3N3CCOCC3)cc12. The Morgan fingerprint density at radius 3 is 2.83 bits per heavy atom. The Morgan fingerprint density at radius 2 is 2.07 bits per heavy atom. The van der Waals surface area contributed by atoms with Crippen LogP contribution < -0.4 is 15.8 Å². The molecule has 3 heterocycles.